The molecule has 0 spiro atoms. The third kappa shape index (κ3) is 4.11. The summed E-state index contributed by atoms with van der Waals surface area (Å²) in [6.45, 7) is 10.2. The molecular formula is C24H30N4OS. The summed E-state index contributed by atoms with van der Waals surface area (Å²) in [5.74, 6) is -0.0110. The molecule has 0 saturated carbocycles. The van der Waals surface area contributed by atoms with E-state index in [1.54, 1.807) is 11.3 Å². The van der Waals surface area contributed by atoms with Gasteiger partial charge in [0.05, 0.1) is 15.9 Å². The first kappa shape index (κ1) is 20.6. The molecule has 0 radical (unpaired) electrons. The molecule has 30 heavy (non-hydrogen) atoms. The zero-order chi connectivity index (χ0) is 21.1. The van der Waals surface area contributed by atoms with Crippen molar-refractivity contribution in [3.05, 3.63) is 59.8 Å². The van der Waals surface area contributed by atoms with Crippen molar-refractivity contribution in [1.29, 1.82) is 0 Å². The predicted octanol–water partition coefficient (Wildman–Crippen LogP) is 5.23. The number of aromatic nitrogens is 2. The van der Waals surface area contributed by atoms with Crippen molar-refractivity contribution in [2.24, 2.45) is 0 Å². The zero-order valence-corrected chi connectivity index (χ0v) is 18.6. The molecule has 0 aliphatic rings. The van der Waals surface area contributed by atoms with Crippen LogP contribution in [0.5, 0.6) is 0 Å². The lowest BCUT2D eigenvalue weighted by atomic mass is 10.1. The second-order valence-corrected chi connectivity index (χ2v) is 8.52. The number of thiazole rings is 1. The van der Waals surface area contributed by atoms with E-state index in [1.807, 2.05) is 30.3 Å². The normalized spacial score (nSPS) is 11.6. The van der Waals surface area contributed by atoms with Gasteiger partial charge >= 0.3 is 0 Å². The standard InChI is InChI=1S/C24H28N4OS.H2/c1-4-27(5-2)14-8-13-25-23(29)18-11-12-21-22(15-18)30-24-26-20(16-28(21)24)19-10-7-6-9-17(19)3;/h6-7,9-12,15-16H,4-5,8,13-14H2,1-3H3,(H,25,29);1H. The molecule has 2 heterocycles. The third-order valence-corrected chi connectivity index (χ3v) is 6.63. The van der Waals surface area contributed by atoms with Crippen LogP contribution >= 0.6 is 11.3 Å². The molecule has 1 amide bonds. The SMILES string of the molecule is CCN(CC)CCCNC(=O)c1ccc2c(c1)sc1nc(-c3ccccc3C)cn12.[HH]. The van der Waals surface area contributed by atoms with E-state index in [1.165, 1.54) is 5.56 Å². The van der Waals surface area contributed by atoms with E-state index >= 15 is 0 Å². The number of aryl methyl sites for hydroxylation is 1. The van der Waals surface area contributed by atoms with Crippen LogP contribution in [-0.2, 0) is 0 Å². The highest BCUT2D eigenvalue weighted by molar-refractivity contribution is 7.23. The molecule has 0 bridgehead atoms. The first-order valence-electron chi connectivity index (χ1n) is 10.6. The highest BCUT2D eigenvalue weighted by Gasteiger charge is 2.13. The van der Waals surface area contributed by atoms with Gasteiger partial charge < -0.3 is 10.2 Å². The molecule has 0 unspecified atom stereocenters. The van der Waals surface area contributed by atoms with Crippen LogP contribution in [0, 0.1) is 6.92 Å². The van der Waals surface area contributed by atoms with Gasteiger partial charge in [-0.05, 0) is 56.7 Å². The molecule has 4 aromatic rings. The van der Waals surface area contributed by atoms with E-state index in [2.05, 4.69) is 53.7 Å². The van der Waals surface area contributed by atoms with Crippen molar-refractivity contribution in [3.8, 4) is 11.3 Å². The maximum absolute atomic E-state index is 12.6. The third-order valence-electron chi connectivity index (χ3n) is 5.61. The maximum atomic E-state index is 12.6. The topological polar surface area (TPSA) is 49.6 Å². The lowest BCUT2D eigenvalue weighted by molar-refractivity contribution is 0.0952. The summed E-state index contributed by atoms with van der Waals surface area (Å²) in [4.78, 5) is 20.7. The van der Waals surface area contributed by atoms with Crippen LogP contribution in [0.15, 0.2) is 48.7 Å². The molecule has 0 aliphatic heterocycles. The second-order valence-electron chi connectivity index (χ2n) is 7.51. The van der Waals surface area contributed by atoms with Crippen LogP contribution in [0.3, 0.4) is 0 Å². The van der Waals surface area contributed by atoms with Crippen molar-refractivity contribution in [2.75, 3.05) is 26.2 Å². The Kier molecular flexibility index (Phi) is 6.16. The Morgan fingerprint density at radius 3 is 2.77 bits per heavy atom. The maximum Gasteiger partial charge on any atom is 0.251 e. The Balaban J connectivity index is 0.00000272. The number of hydrogen-bond donors (Lipinski definition) is 1. The molecule has 158 valence electrons. The number of carbonyl (C=O) groups is 1. The van der Waals surface area contributed by atoms with E-state index in [9.17, 15) is 4.79 Å². The molecule has 1 N–H and O–H groups in total. The van der Waals surface area contributed by atoms with Gasteiger partial charge in [0.1, 0.15) is 0 Å². The van der Waals surface area contributed by atoms with Crippen LogP contribution < -0.4 is 5.32 Å². The number of carbonyl (C=O) groups excluding carboxylic acids is 1. The molecule has 4 rings (SSSR count). The van der Waals surface area contributed by atoms with E-state index in [-0.39, 0.29) is 7.33 Å². The van der Waals surface area contributed by atoms with E-state index in [0.29, 0.717) is 12.1 Å². The number of nitrogens with one attached hydrogen (secondary N) is 1. The van der Waals surface area contributed by atoms with Crippen LogP contribution in [0.25, 0.3) is 26.4 Å². The highest BCUT2D eigenvalue weighted by Crippen LogP contribution is 2.31. The summed E-state index contributed by atoms with van der Waals surface area (Å²) >= 11 is 1.62. The predicted molar refractivity (Wildman–Crippen MR) is 128 cm³/mol. The lowest BCUT2D eigenvalue weighted by Crippen LogP contribution is -2.29. The van der Waals surface area contributed by atoms with Gasteiger partial charge in [-0.1, -0.05) is 49.4 Å². The molecule has 2 aromatic carbocycles. The summed E-state index contributed by atoms with van der Waals surface area (Å²) in [6, 6.07) is 14.2. The Labute approximate surface area is 182 Å². The minimum Gasteiger partial charge on any atom is -0.352 e. The van der Waals surface area contributed by atoms with Crippen molar-refractivity contribution in [1.82, 2.24) is 19.6 Å². The van der Waals surface area contributed by atoms with Crippen molar-refractivity contribution >= 4 is 32.4 Å². The van der Waals surface area contributed by atoms with Crippen LogP contribution in [0.1, 0.15) is 37.6 Å². The molecule has 0 aliphatic carbocycles. The number of fused-ring (bicyclic) bond motifs is 3. The summed E-state index contributed by atoms with van der Waals surface area (Å²) < 4.78 is 3.19. The van der Waals surface area contributed by atoms with Gasteiger partial charge in [-0.3, -0.25) is 9.20 Å². The first-order valence-corrected chi connectivity index (χ1v) is 11.4. The summed E-state index contributed by atoms with van der Waals surface area (Å²) in [5.41, 5.74) is 5.14. The number of rotatable bonds is 8. The number of imidazole rings is 1. The Morgan fingerprint density at radius 1 is 1.20 bits per heavy atom. The van der Waals surface area contributed by atoms with Crippen molar-refractivity contribution < 1.29 is 6.22 Å². The van der Waals surface area contributed by atoms with Gasteiger partial charge in [-0.25, -0.2) is 4.98 Å². The number of nitrogens with zero attached hydrogens (tertiary/aromatic N) is 3. The van der Waals surface area contributed by atoms with Crippen molar-refractivity contribution in [2.45, 2.75) is 27.2 Å². The summed E-state index contributed by atoms with van der Waals surface area (Å²) in [6.07, 6.45) is 3.05. The van der Waals surface area contributed by atoms with E-state index in [4.69, 9.17) is 4.98 Å². The fourth-order valence-electron chi connectivity index (χ4n) is 3.78. The van der Waals surface area contributed by atoms with E-state index in [0.717, 1.165) is 52.5 Å². The summed E-state index contributed by atoms with van der Waals surface area (Å²) in [5, 5.41) is 3.05. The van der Waals surface area contributed by atoms with E-state index < -0.39 is 0 Å². The Hall–Kier alpha value is -2.70. The molecule has 0 saturated heterocycles. The second kappa shape index (κ2) is 8.98. The summed E-state index contributed by atoms with van der Waals surface area (Å²) in [7, 11) is 0. The molecule has 2 aromatic heterocycles. The highest BCUT2D eigenvalue weighted by atomic mass is 32.1. The average Bonchev–Trinajstić information content (AvgIpc) is 3.31. The minimum atomic E-state index is -0.0110. The van der Waals surface area contributed by atoms with Crippen LogP contribution in [0.2, 0.25) is 0 Å². The Morgan fingerprint density at radius 2 is 2.00 bits per heavy atom. The largest absolute Gasteiger partial charge is 0.352 e. The number of hydrogen-bond acceptors (Lipinski definition) is 4. The Bertz CT molecular complexity index is 1180. The first-order chi connectivity index (χ1) is 14.6. The molecule has 0 fully saturated rings. The van der Waals surface area contributed by atoms with Gasteiger partial charge in [0.2, 0.25) is 0 Å². The van der Waals surface area contributed by atoms with Gasteiger partial charge in [-0.2, -0.15) is 0 Å². The molecular weight excluding hydrogens is 392 g/mol. The van der Waals surface area contributed by atoms with Crippen LogP contribution in [-0.4, -0.2) is 46.4 Å². The fraction of sp³-hybridized carbons (Fsp3) is 0.333. The van der Waals surface area contributed by atoms with Gasteiger partial charge in [0, 0.05) is 25.3 Å². The zero-order valence-electron chi connectivity index (χ0n) is 17.8. The lowest BCUT2D eigenvalue weighted by Gasteiger charge is -2.17. The quantitative estimate of drug-likeness (QED) is 0.396. The van der Waals surface area contributed by atoms with Crippen molar-refractivity contribution in [3.63, 3.8) is 0 Å². The fourth-order valence-corrected chi connectivity index (χ4v) is 4.83. The molecule has 6 heteroatoms. The average molecular weight is 423 g/mol. The van der Waals surface area contributed by atoms with Gasteiger partial charge in [0.25, 0.3) is 5.91 Å². The molecule has 5 nitrogen and oxygen atoms in total. The number of benzene rings is 2. The molecule has 0 atom stereocenters. The van der Waals surface area contributed by atoms with Gasteiger partial charge in [0.15, 0.2) is 4.96 Å². The van der Waals surface area contributed by atoms with Gasteiger partial charge in [-0.15, -0.1) is 0 Å². The number of amides is 1. The smallest absolute Gasteiger partial charge is 0.251 e. The monoisotopic (exact) mass is 422 g/mol. The van der Waals surface area contributed by atoms with Crippen LogP contribution in [0.4, 0.5) is 0 Å². The minimum absolute atomic E-state index is 0.